The van der Waals surface area contributed by atoms with Gasteiger partial charge in [-0.3, -0.25) is 0 Å². The molecule has 0 bridgehead atoms. The summed E-state index contributed by atoms with van der Waals surface area (Å²) in [5, 5.41) is 21.9. The van der Waals surface area contributed by atoms with E-state index < -0.39 is 0 Å². The largest absolute Gasteiger partial charge is 0.493 e. The van der Waals surface area contributed by atoms with Gasteiger partial charge in [0.2, 0.25) is 11.8 Å². The lowest BCUT2D eigenvalue weighted by Gasteiger charge is -2.05. The van der Waals surface area contributed by atoms with Crippen LogP contribution in [0.5, 0.6) is 11.8 Å². The van der Waals surface area contributed by atoms with Crippen LogP contribution in [-0.2, 0) is 0 Å². The van der Waals surface area contributed by atoms with E-state index in [1.807, 2.05) is 0 Å². The molecule has 0 fully saturated rings. The summed E-state index contributed by atoms with van der Waals surface area (Å²) in [6.45, 7) is 0. The first-order valence-electron chi connectivity index (χ1n) is 3.41. The normalized spacial score (nSPS) is 10.6. The van der Waals surface area contributed by atoms with Crippen LogP contribution < -0.4 is 0 Å². The van der Waals surface area contributed by atoms with Gasteiger partial charge in [-0.15, -0.1) is 22.7 Å². The van der Waals surface area contributed by atoms with Crippen LogP contribution in [0.2, 0.25) is 0 Å². The van der Waals surface area contributed by atoms with Crippen LogP contribution >= 0.6 is 47.1 Å². The Morgan fingerprint density at radius 3 is 1.50 bits per heavy atom. The molecule has 14 heavy (non-hydrogen) atoms. The predicted molar refractivity (Wildman–Crippen MR) is 60.4 cm³/mol. The van der Waals surface area contributed by atoms with Gasteiger partial charge in [0.15, 0.2) is 7.91 Å². The van der Waals surface area contributed by atoms with Gasteiger partial charge < -0.3 is 10.2 Å². The lowest BCUT2D eigenvalue weighted by Crippen LogP contribution is -2.06. The lowest BCUT2D eigenvalue weighted by atomic mass is 10.8. The molecule has 0 atom stereocenters. The molecule has 0 spiro atoms. The molecule has 8 heteroatoms. The zero-order chi connectivity index (χ0) is 10.3. The SMILES string of the molecule is Oc1csc(=S)n1-n1c(O)csc1=S. The van der Waals surface area contributed by atoms with Crippen LogP contribution in [0.25, 0.3) is 0 Å². The highest BCUT2D eigenvalue weighted by Gasteiger charge is 2.09. The molecule has 2 N–H and O–H groups in total. The average Bonchev–Trinajstić information content (AvgIpc) is 2.60. The van der Waals surface area contributed by atoms with E-state index in [4.69, 9.17) is 24.4 Å². The van der Waals surface area contributed by atoms with Crippen molar-refractivity contribution in [3.63, 3.8) is 0 Å². The fraction of sp³-hybridized carbons (Fsp3) is 0. The number of hydrogen-bond donors (Lipinski definition) is 2. The summed E-state index contributed by atoms with van der Waals surface area (Å²) >= 11 is 12.4. The van der Waals surface area contributed by atoms with Crippen LogP contribution in [0.4, 0.5) is 0 Å². The molecular formula is C6H4N2O2S4. The highest BCUT2D eigenvalue weighted by molar-refractivity contribution is 7.73. The van der Waals surface area contributed by atoms with E-state index >= 15 is 0 Å². The van der Waals surface area contributed by atoms with Crippen molar-refractivity contribution in [2.24, 2.45) is 0 Å². The van der Waals surface area contributed by atoms with Gasteiger partial charge in [-0.1, -0.05) is 0 Å². The minimum Gasteiger partial charge on any atom is -0.493 e. The highest BCUT2D eigenvalue weighted by atomic mass is 32.2. The number of rotatable bonds is 1. The summed E-state index contributed by atoms with van der Waals surface area (Å²) in [5.74, 6) is -0.0744. The summed E-state index contributed by atoms with van der Waals surface area (Å²) in [5.41, 5.74) is 0. The maximum atomic E-state index is 9.49. The molecule has 2 heterocycles. The Morgan fingerprint density at radius 2 is 1.29 bits per heavy atom. The summed E-state index contributed by atoms with van der Waals surface area (Å²) < 4.78 is 3.42. The number of aromatic hydroxyl groups is 2. The molecule has 0 radical (unpaired) electrons. The van der Waals surface area contributed by atoms with Crippen molar-refractivity contribution in [2.45, 2.75) is 0 Å². The molecule has 74 valence electrons. The second kappa shape index (κ2) is 3.46. The molecule has 0 amide bonds. The Kier molecular flexibility index (Phi) is 2.43. The van der Waals surface area contributed by atoms with Crippen LogP contribution in [0.15, 0.2) is 10.8 Å². The lowest BCUT2D eigenvalue weighted by molar-refractivity contribution is 0.362. The number of aromatic nitrogens is 2. The Labute approximate surface area is 96.9 Å². The van der Waals surface area contributed by atoms with Crippen molar-refractivity contribution in [1.82, 2.24) is 9.35 Å². The highest BCUT2D eigenvalue weighted by Crippen LogP contribution is 2.24. The van der Waals surface area contributed by atoms with E-state index in [0.29, 0.717) is 7.91 Å². The second-order valence-corrected chi connectivity index (χ2v) is 5.35. The van der Waals surface area contributed by atoms with Gasteiger partial charge in [-0.25, -0.2) is 0 Å². The molecule has 0 saturated heterocycles. The first-order valence-corrected chi connectivity index (χ1v) is 5.98. The monoisotopic (exact) mass is 264 g/mol. The summed E-state index contributed by atoms with van der Waals surface area (Å²) in [6.07, 6.45) is 0. The minimum atomic E-state index is -0.0372. The van der Waals surface area contributed by atoms with E-state index in [2.05, 4.69) is 0 Å². The molecule has 0 aliphatic rings. The first-order chi connectivity index (χ1) is 6.61. The van der Waals surface area contributed by atoms with Crippen LogP contribution in [0.3, 0.4) is 0 Å². The first kappa shape index (κ1) is 9.84. The van der Waals surface area contributed by atoms with Crippen molar-refractivity contribution in [3.8, 4) is 11.8 Å². The van der Waals surface area contributed by atoms with Crippen molar-refractivity contribution >= 4 is 47.1 Å². The molecule has 2 aromatic rings. The maximum Gasteiger partial charge on any atom is 0.223 e. The number of nitrogens with zero attached hydrogens (tertiary/aromatic N) is 2. The molecule has 0 aliphatic carbocycles. The Bertz CT molecular complexity index is 523. The molecule has 0 unspecified atom stereocenters. The van der Waals surface area contributed by atoms with Crippen LogP contribution in [-0.4, -0.2) is 19.6 Å². The quantitative estimate of drug-likeness (QED) is 0.777. The van der Waals surface area contributed by atoms with E-state index in [9.17, 15) is 10.2 Å². The summed E-state index contributed by atoms with van der Waals surface area (Å²) in [6, 6.07) is 0. The average molecular weight is 264 g/mol. The van der Waals surface area contributed by atoms with Gasteiger partial charge in [0.05, 0.1) is 10.8 Å². The third-order valence-electron chi connectivity index (χ3n) is 1.51. The zero-order valence-electron chi connectivity index (χ0n) is 6.58. The van der Waals surface area contributed by atoms with Crippen molar-refractivity contribution < 1.29 is 10.2 Å². The topological polar surface area (TPSA) is 50.3 Å². The predicted octanol–water partition coefficient (Wildman–Crippen LogP) is 2.59. The van der Waals surface area contributed by atoms with Crippen molar-refractivity contribution in [3.05, 3.63) is 18.7 Å². The molecule has 0 saturated carbocycles. The Hall–Kier alpha value is -0.700. The molecule has 4 nitrogen and oxygen atoms in total. The van der Waals surface area contributed by atoms with Crippen LogP contribution in [0, 0.1) is 7.91 Å². The molecule has 0 aromatic carbocycles. The van der Waals surface area contributed by atoms with Gasteiger partial charge in [0.1, 0.15) is 0 Å². The van der Waals surface area contributed by atoms with Gasteiger partial charge in [0, 0.05) is 0 Å². The summed E-state index contributed by atoms with van der Waals surface area (Å²) in [4.78, 5) is 0. The van der Waals surface area contributed by atoms with Gasteiger partial charge >= 0.3 is 0 Å². The minimum absolute atomic E-state index is 0.0372. The maximum absolute atomic E-state index is 9.49. The molecule has 2 rings (SSSR count). The van der Waals surface area contributed by atoms with E-state index in [1.165, 1.54) is 42.8 Å². The smallest absolute Gasteiger partial charge is 0.223 e. The third kappa shape index (κ3) is 1.40. The third-order valence-corrected chi connectivity index (χ3v) is 3.84. The van der Waals surface area contributed by atoms with Gasteiger partial charge in [0.25, 0.3) is 0 Å². The molecular weight excluding hydrogens is 260 g/mol. The van der Waals surface area contributed by atoms with Gasteiger partial charge in [-0.05, 0) is 24.4 Å². The number of hydrogen-bond acceptors (Lipinski definition) is 6. The summed E-state index contributed by atoms with van der Waals surface area (Å²) in [7, 11) is 0. The second-order valence-electron chi connectivity index (χ2n) is 2.34. The van der Waals surface area contributed by atoms with E-state index in [-0.39, 0.29) is 11.8 Å². The fourth-order valence-electron chi connectivity index (χ4n) is 0.961. The van der Waals surface area contributed by atoms with E-state index in [0.717, 1.165) is 0 Å². The molecule has 0 aliphatic heterocycles. The standard InChI is InChI=1S/C6H4N2O2S4/c9-3-1-13-5(11)7(3)8-4(10)2-14-6(8)12/h1-2,9-10H. The van der Waals surface area contributed by atoms with Crippen molar-refractivity contribution in [2.75, 3.05) is 0 Å². The van der Waals surface area contributed by atoms with Gasteiger partial charge in [-0.2, -0.15) is 9.35 Å². The molecule has 2 aromatic heterocycles. The Balaban J connectivity index is 2.84. The van der Waals surface area contributed by atoms with Crippen molar-refractivity contribution in [1.29, 1.82) is 0 Å². The van der Waals surface area contributed by atoms with Crippen LogP contribution in [0.1, 0.15) is 0 Å². The fourth-order valence-corrected chi connectivity index (χ4v) is 2.76. The van der Waals surface area contributed by atoms with E-state index in [1.54, 1.807) is 0 Å². The Morgan fingerprint density at radius 1 is 0.929 bits per heavy atom. The zero-order valence-corrected chi connectivity index (χ0v) is 9.84. The number of thiazole rings is 2.